The summed E-state index contributed by atoms with van der Waals surface area (Å²) in [4.78, 5) is 23.7. The van der Waals surface area contributed by atoms with Crippen molar-refractivity contribution in [2.75, 3.05) is 19.8 Å². The molecule has 0 atom stereocenters. The molecule has 28 heavy (non-hydrogen) atoms. The molecular weight excluding hydrogens is 364 g/mol. The number of carboxylic acids is 1. The number of aryl methyl sites for hydroxylation is 1. The Hall–Kier alpha value is -3.48. The highest BCUT2D eigenvalue weighted by Gasteiger charge is 2.19. The fourth-order valence-electron chi connectivity index (χ4n) is 3.19. The monoisotopic (exact) mass is 381 g/mol. The molecular formula is C21H17O7-. The maximum atomic E-state index is 13.2. The van der Waals surface area contributed by atoms with Gasteiger partial charge in [0.2, 0.25) is 5.43 Å². The van der Waals surface area contributed by atoms with Gasteiger partial charge in [0.15, 0.2) is 11.5 Å². The van der Waals surface area contributed by atoms with Gasteiger partial charge in [0.05, 0.1) is 16.9 Å². The Kier molecular flexibility index (Phi) is 4.65. The average Bonchev–Trinajstić information content (AvgIpc) is 2.71. The van der Waals surface area contributed by atoms with E-state index in [1.165, 1.54) is 12.1 Å². The van der Waals surface area contributed by atoms with Crippen molar-refractivity contribution in [3.8, 4) is 28.4 Å². The minimum Gasteiger partial charge on any atom is -0.546 e. The zero-order valence-electron chi connectivity index (χ0n) is 15.2. The maximum Gasteiger partial charge on any atom is 0.200 e. The molecule has 0 amide bonds. The van der Waals surface area contributed by atoms with E-state index < -0.39 is 12.6 Å². The van der Waals surface area contributed by atoms with Crippen LogP contribution in [-0.4, -0.2) is 25.8 Å². The van der Waals surface area contributed by atoms with Crippen molar-refractivity contribution in [1.29, 1.82) is 0 Å². The molecule has 1 aliphatic rings. The first-order valence-corrected chi connectivity index (χ1v) is 8.89. The SMILES string of the molecule is CCc1oc2cc(OCC(=O)[O-])ccc2c(=O)c1-c1ccc2c(c1)OCCO2. The molecule has 7 nitrogen and oxygen atoms in total. The summed E-state index contributed by atoms with van der Waals surface area (Å²) in [5.74, 6) is 0.717. The summed E-state index contributed by atoms with van der Waals surface area (Å²) in [6.45, 7) is 2.26. The van der Waals surface area contributed by atoms with Crippen molar-refractivity contribution in [3.05, 3.63) is 52.4 Å². The van der Waals surface area contributed by atoms with Gasteiger partial charge in [0.1, 0.15) is 36.9 Å². The molecule has 1 aliphatic heterocycles. The Morgan fingerprint density at radius 2 is 1.89 bits per heavy atom. The van der Waals surface area contributed by atoms with Gasteiger partial charge >= 0.3 is 0 Å². The number of carboxylic acid groups (broad SMARTS) is 1. The van der Waals surface area contributed by atoms with E-state index in [0.29, 0.717) is 59.0 Å². The molecule has 4 rings (SSSR count). The molecule has 1 aromatic heterocycles. The lowest BCUT2D eigenvalue weighted by Crippen LogP contribution is -2.28. The van der Waals surface area contributed by atoms with Gasteiger partial charge in [-0.15, -0.1) is 0 Å². The number of fused-ring (bicyclic) bond motifs is 2. The minimum atomic E-state index is -1.33. The van der Waals surface area contributed by atoms with E-state index in [4.69, 9.17) is 18.6 Å². The molecule has 0 fully saturated rings. The van der Waals surface area contributed by atoms with E-state index in [1.807, 2.05) is 13.0 Å². The van der Waals surface area contributed by atoms with Gasteiger partial charge in [0, 0.05) is 12.5 Å². The van der Waals surface area contributed by atoms with Crippen LogP contribution >= 0.6 is 0 Å². The number of aliphatic carboxylic acids is 1. The van der Waals surface area contributed by atoms with Crippen molar-refractivity contribution in [1.82, 2.24) is 0 Å². The molecule has 144 valence electrons. The van der Waals surface area contributed by atoms with Gasteiger partial charge in [-0.1, -0.05) is 13.0 Å². The predicted octanol–water partition coefficient (Wildman–Crippen LogP) is 1.92. The molecule has 0 spiro atoms. The van der Waals surface area contributed by atoms with Crippen molar-refractivity contribution in [3.63, 3.8) is 0 Å². The van der Waals surface area contributed by atoms with E-state index in [1.54, 1.807) is 18.2 Å². The van der Waals surface area contributed by atoms with Crippen molar-refractivity contribution >= 4 is 16.9 Å². The first-order valence-electron chi connectivity index (χ1n) is 8.89. The smallest absolute Gasteiger partial charge is 0.200 e. The summed E-state index contributed by atoms with van der Waals surface area (Å²) < 4.78 is 22.2. The lowest BCUT2D eigenvalue weighted by molar-refractivity contribution is -0.307. The zero-order valence-corrected chi connectivity index (χ0v) is 15.2. The summed E-state index contributed by atoms with van der Waals surface area (Å²) in [5, 5.41) is 10.9. The highest BCUT2D eigenvalue weighted by atomic mass is 16.6. The van der Waals surface area contributed by atoms with Crippen LogP contribution in [0.25, 0.3) is 22.1 Å². The fraction of sp³-hybridized carbons (Fsp3) is 0.238. The third-order valence-corrected chi connectivity index (χ3v) is 4.45. The Morgan fingerprint density at radius 1 is 1.11 bits per heavy atom. The molecule has 0 saturated heterocycles. The minimum absolute atomic E-state index is 0.179. The van der Waals surface area contributed by atoms with Crippen LogP contribution in [0, 0.1) is 0 Å². The molecule has 7 heteroatoms. The van der Waals surface area contributed by atoms with Gasteiger partial charge in [-0.2, -0.15) is 0 Å². The standard InChI is InChI=1S/C21H18O7/c1-2-15-20(12-3-6-16-18(9-12)26-8-7-25-16)21(24)14-5-4-13(10-17(14)28-15)27-11-19(22)23/h3-6,9-10H,2,7-8,11H2,1H3,(H,22,23)/p-1. The number of ether oxygens (including phenoxy) is 3. The van der Waals surface area contributed by atoms with Gasteiger partial charge in [0.25, 0.3) is 0 Å². The Bertz CT molecular complexity index is 1110. The van der Waals surface area contributed by atoms with Crippen LogP contribution in [0.15, 0.2) is 45.6 Å². The average molecular weight is 381 g/mol. The van der Waals surface area contributed by atoms with Crippen molar-refractivity contribution in [2.24, 2.45) is 0 Å². The lowest BCUT2D eigenvalue weighted by Gasteiger charge is -2.19. The van der Waals surface area contributed by atoms with Gasteiger partial charge in [-0.3, -0.25) is 4.79 Å². The third-order valence-electron chi connectivity index (χ3n) is 4.45. The van der Waals surface area contributed by atoms with E-state index >= 15 is 0 Å². The van der Waals surface area contributed by atoms with Gasteiger partial charge in [-0.05, 0) is 29.8 Å². The van der Waals surface area contributed by atoms with Crippen molar-refractivity contribution < 1.29 is 28.5 Å². The van der Waals surface area contributed by atoms with Crippen LogP contribution < -0.4 is 24.7 Å². The largest absolute Gasteiger partial charge is 0.546 e. The highest BCUT2D eigenvalue weighted by molar-refractivity contribution is 5.84. The summed E-state index contributed by atoms with van der Waals surface area (Å²) >= 11 is 0. The zero-order chi connectivity index (χ0) is 19.7. The number of rotatable bonds is 5. The summed E-state index contributed by atoms with van der Waals surface area (Å²) in [6.07, 6.45) is 0.499. The van der Waals surface area contributed by atoms with E-state index in [9.17, 15) is 14.7 Å². The van der Waals surface area contributed by atoms with Gasteiger partial charge < -0.3 is 28.5 Å². The lowest BCUT2D eigenvalue weighted by atomic mass is 10.0. The third kappa shape index (κ3) is 3.26. The van der Waals surface area contributed by atoms with E-state index in [-0.39, 0.29) is 11.2 Å². The highest BCUT2D eigenvalue weighted by Crippen LogP contribution is 2.35. The number of hydrogen-bond donors (Lipinski definition) is 0. The first-order chi connectivity index (χ1) is 13.6. The Labute approximate surface area is 160 Å². The van der Waals surface area contributed by atoms with Crippen LogP contribution in [0.3, 0.4) is 0 Å². The van der Waals surface area contributed by atoms with Crippen LogP contribution in [0.2, 0.25) is 0 Å². The molecule has 0 aliphatic carbocycles. The van der Waals surface area contributed by atoms with E-state index in [0.717, 1.165) is 0 Å². The second-order valence-corrected chi connectivity index (χ2v) is 6.26. The van der Waals surface area contributed by atoms with Crippen LogP contribution in [0.4, 0.5) is 0 Å². The van der Waals surface area contributed by atoms with Crippen molar-refractivity contribution in [2.45, 2.75) is 13.3 Å². The van der Waals surface area contributed by atoms with Crippen LogP contribution in [0.5, 0.6) is 17.2 Å². The molecule has 0 unspecified atom stereocenters. The molecule has 0 saturated carbocycles. The number of benzene rings is 2. The quantitative estimate of drug-likeness (QED) is 0.666. The number of hydrogen-bond acceptors (Lipinski definition) is 7. The Balaban J connectivity index is 1.82. The molecule has 0 N–H and O–H groups in total. The Morgan fingerprint density at radius 3 is 2.64 bits per heavy atom. The van der Waals surface area contributed by atoms with Crippen LogP contribution in [-0.2, 0) is 11.2 Å². The second kappa shape index (κ2) is 7.26. The van der Waals surface area contributed by atoms with Gasteiger partial charge in [-0.25, -0.2) is 0 Å². The number of carbonyl (C=O) groups excluding carboxylic acids is 1. The number of carbonyl (C=O) groups is 1. The molecule has 2 aromatic carbocycles. The summed E-state index contributed by atoms with van der Waals surface area (Å²) in [7, 11) is 0. The van der Waals surface area contributed by atoms with E-state index in [2.05, 4.69) is 0 Å². The van der Waals surface area contributed by atoms with Crippen LogP contribution in [0.1, 0.15) is 12.7 Å². The molecule has 0 radical (unpaired) electrons. The predicted molar refractivity (Wildman–Crippen MR) is 98.8 cm³/mol. The molecule has 3 aromatic rings. The normalized spacial score (nSPS) is 12.8. The first kappa shape index (κ1) is 17.9. The second-order valence-electron chi connectivity index (χ2n) is 6.26. The topological polar surface area (TPSA) is 98.0 Å². The molecule has 2 heterocycles. The maximum absolute atomic E-state index is 13.2. The summed E-state index contributed by atoms with van der Waals surface area (Å²) in [5.41, 5.74) is 1.31. The fourth-order valence-corrected chi connectivity index (χ4v) is 3.19. The summed E-state index contributed by atoms with van der Waals surface area (Å²) in [6, 6.07) is 9.97. The molecule has 0 bridgehead atoms.